The van der Waals surface area contributed by atoms with E-state index in [1.54, 1.807) is 0 Å². The molecular weight excluding hydrogens is 218 g/mol. The van der Waals surface area contributed by atoms with Gasteiger partial charge in [-0.2, -0.15) is 0 Å². The van der Waals surface area contributed by atoms with Gasteiger partial charge in [0.25, 0.3) is 0 Å². The van der Waals surface area contributed by atoms with Gasteiger partial charge in [0, 0.05) is 0 Å². The van der Waals surface area contributed by atoms with Crippen molar-refractivity contribution in [2.75, 3.05) is 6.61 Å². The first kappa shape index (κ1) is 14.5. The highest BCUT2D eigenvalue weighted by atomic mass is 16.3. The van der Waals surface area contributed by atoms with Gasteiger partial charge >= 0.3 is 0 Å². The van der Waals surface area contributed by atoms with Crippen LogP contribution in [0, 0.1) is 11.8 Å². The maximum atomic E-state index is 10.9. The predicted octanol–water partition coefficient (Wildman–Crippen LogP) is 1.19. The first-order chi connectivity index (χ1) is 8.13. The molecule has 0 radical (unpaired) electrons. The lowest BCUT2D eigenvalue weighted by Gasteiger charge is -2.23. The molecular formula is C13H25NO3. The van der Waals surface area contributed by atoms with Gasteiger partial charge < -0.3 is 15.9 Å². The highest BCUT2D eigenvalue weighted by Gasteiger charge is 2.20. The molecule has 1 aliphatic carbocycles. The first-order valence-corrected chi connectivity index (χ1v) is 6.71. The number of carbonyl (C=O) groups excluding carboxylic acids is 1. The van der Waals surface area contributed by atoms with E-state index in [9.17, 15) is 9.90 Å². The summed E-state index contributed by atoms with van der Waals surface area (Å²) in [5, 5.41) is 18.8. The lowest BCUT2D eigenvalue weighted by atomic mass is 9.84. The van der Waals surface area contributed by atoms with Crippen LogP contribution in [0.3, 0.4) is 0 Å². The first-order valence-electron chi connectivity index (χ1n) is 6.71. The molecule has 0 aromatic heterocycles. The number of aliphatic hydroxyl groups is 2. The lowest BCUT2D eigenvalue weighted by molar-refractivity contribution is -0.124. The van der Waals surface area contributed by atoms with Crippen molar-refractivity contribution >= 4 is 5.91 Å². The van der Waals surface area contributed by atoms with Crippen molar-refractivity contribution in [1.82, 2.24) is 0 Å². The molecule has 2 unspecified atom stereocenters. The van der Waals surface area contributed by atoms with Gasteiger partial charge in [-0.05, 0) is 25.2 Å². The van der Waals surface area contributed by atoms with E-state index in [1.807, 2.05) is 0 Å². The standard InChI is InChI=1S/C13H25NO3/c14-13(17)11(9-15)8-12(16)7-6-10-4-2-1-3-5-10/h10-12,15-16H,1-9H2,(H2,14,17). The predicted molar refractivity (Wildman–Crippen MR) is 66.2 cm³/mol. The van der Waals surface area contributed by atoms with Crippen LogP contribution in [0.4, 0.5) is 0 Å². The normalized spacial score (nSPS) is 21.1. The number of amides is 1. The Morgan fingerprint density at radius 2 is 1.94 bits per heavy atom. The summed E-state index contributed by atoms with van der Waals surface area (Å²) in [6.45, 7) is -0.268. The summed E-state index contributed by atoms with van der Waals surface area (Å²) in [5.41, 5.74) is 5.12. The molecule has 1 amide bonds. The van der Waals surface area contributed by atoms with E-state index in [2.05, 4.69) is 0 Å². The zero-order valence-electron chi connectivity index (χ0n) is 10.5. The highest BCUT2D eigenvalue weighted by Crippen LogP contribution is 2.28. The number of hydrogen-bond acceptors (Lipinski definition) is 3. The van der Waals surface area contributed by atoms with Gasteiger partial charge in [-0.25, -0.2) is 0 Å². The minimum Gasteiger partial charge on any atom is -0.396 e. The topological polar surface area (TPSA) is 83.6 Å². The summed E-state index contributed by atoms with van der Waals surface area (Å²) < 4.78 is 0. The van der Waals surface area contributed by atoms with Crippen LogP contribution in [0.15, 0.2) is 0 Å². The van der Waals surface area contributed by atoms with Gasteiger partial charge in [-0.1, -0.05) is 32.1 Å². The molecule has 17 heavy (non-hydrogen) atoms. The van der Waals surface area contributed by atoms with Crippen molar-refractivity contribution in [2.24, 2.45) is 17.6 Å². The Balaban J connectivity index is 2.19. The Morgan fingerprint density at radius 1 is 1.29 bits per heavy atom. The van der Waals surface area contributed by atoms with E-state index in [4.69, 9.17) is 10.8 Å². The van der Waals surface area contributed by atoms with Crippen LogP contribution in [0.2, 0.25) is 0 Å². The Bertz CT molecular complexity index is 227. The van der Waals surface area contributed by atoms with E-state index in [0.717, 1.165) is 12.3 Å². The van der Waals surface area contributed by atoms with Crippen molar-refractivity contribution in [2.45, 2.75) is 57.5 Å². The molecule has 1 saturated carbocycles. The quantitative estimate of drug-likeness (QED) is 0.628. The highest BCUT2D eigenvalue weighted by molar-refractivity contribution is 5.76. The minimum absolute atomic E-state index is 0.268. The fourth-order valence-corrected chi connectivity index (χ4v) is 2.63. The van der Waals surface area contributed by atoms with Gasteiger partial charge in [0.2, 0.25) is 5.91 Å². The van der Waals surface area contributed by atoms with Crippen LogP contribution in [0.5, 0.6) is 0 Å². The molecule has 0 heterocycles. The number of carbonyl (C=O) groups is 1. The lowest BCUT2D eigenvalue weighted by Crippen LogP contribution is -2.30. The Kier molecular flexibility index (Phi) is 6.52. The van der Waals surface area contributed by atoms with Crippen molar-refractivity contribution in [3.8, 4) is 0 Å². The number of nitrogens with two attached hydrogens (primary N) is 1. The third kappa shape index (κ3) is 5.50. The van der Waals surface area contributed by atoms with Crippen molar-refractivity contribution in [1.29, 1.82) is 0 Å². The molecule has 1 fully saturated rings. The summed E-state index contributed by atoms with van der Waals surface area (Å²) in [6.07, 6.45) is 8.01. The smallest absolute Gasteiger partial charge is 0.222 e. The zero-order chi connectivity index (χ0) is 12.7. The van der Waals surface area contributed by atoms with Crippen LogP contribution in [0.25, 0.3) is 0 Å². The number of hydrogen-bond donors (Lipinski definition) is 3. The molecule has 100 valence electrons. The second kappa shape index (κ2) is 7.67. The van der Waals surface area contributed by atoms with Crippen molar-refractivity contribution in [3.63, 3.8) is 0 Å². The summed E-state index contributed by atoms with van der Waals surface area (Å²) in [5.74, 6) is -0.389. The van der Waals surface area contributed by atoms with Gasteiger partial charge in [0.15, 0.2) is 0 Å². The van der Waals surface area contributed by atoms with E-state index in [-0.39, 0.29) is 6.61 Å². The summed E-state index contributed by atoms with van der Waals surface area (Å²) in [7, 11) is 0. The van der Waals surface area contributed by atoms with Crippen LogP contribution in [0.1, 0.15) is 51.4 Å². The molecule has 4 nitrogen and oxygen atoms in total. The van der Waals surface area contributed by atoms with Crippen molar-refractivity contribution < 1.29 is 15.0 Å². The van der Waals surface area contributed by atoms with Crippen LogP contribution >= 0.6 is 0 Å². The molecule has 0 aliphatic heterocycles. The Labute approximate surface area is 103 Å². The number of aliphatic hydroxyl groups excluding tert-OH is 2. The molecule has 0 bridgehead atoms. The third-order valence-corrected chi connectivity index (χ3v) is 3.81. The average molecular weight is 243 g/mol. The molecule has 0 aromatic rings. The molecule has 1 rings (SSSR count). The van der Waals surface area contributed by atoms with E-state index < -0.39 is 17.9 Å². The van der Waals surface area contributed by atoms with E-state index in [1.165, 1.54) is 32.1 Å². The largest absolute Gasteiger partial charge is 0.396 e. The van der Waals surface area contributed by atoms with Crippen LogP contribution < -0.4 is 5.73 Å². The van der Waals surface area contributed by atoms with E-state index in [0.29, 0.717) is 12.8 Å². The van der Waals surface area contributed by atoms with Gasteiger partial charge in [0.1, 0.15) is 0 Å². The molecule has 1 aliphatic rings. The fraction of sp³-hybridized carbons (Fsp3) is 0.923. The average Bonchev–Trinajstić information content (AvgIpc) is 2.34. The summed E-state index contributed by atoms with van der Waals surface area (Å²) >= 11 is 0. The Hall–Kier alpha value is -0.610. The van der Waals surface area contributed by atoms with Crippen LogP contribution in [-0.2, 0) is 4.79 Å². The number of primary amides is 1. The van der Waals surface area contributed by atoms with Gasteiger partial charge in [0.05, 0.1) is 18.6 Å². The SMILES string of the molecule is NC(=O)C(CO)CC(O)CCC1CCCCC1. The fourth-order valence-electron chi connectivity index (χ4n) is 2.63. The molecule has 0 aromatic carbocycles. The maximum absolute atomic E-state index is 10.9. The summed E-state index contributed by atoms with van der Waals surface area (Å²) in [4.78, 5) is 10.9. The van der Waals surface area contributed by atoms with Crippen molar-refractivity contribution in [3.05, 3.63) is 0 Å². The molecule has 4 N–H and O–H groups in total. The number of rotatable bonds is 7. The second-order valence-electron chi connectivity index (χ2n) is 5.25. The van der Waals surface area contributed by atoms with Gasteiger partial charge in [-0.3, -0.25) is 4.79 Å². The van der Waals surface area contributed by atoms with Crippen LogP contribution in [-0.4, -0.2) is 28.8 Å². The molecule has 0 saturated heterocycles. The Morgan fingerprint density at radius 3 is 2.47 bits per heavy atom. The second-order valence-corrected chi connectivity index (χ2v) is 5.25. The zero-order valence-corrected chi connectivity index (χ0v) is 10.5. The molecule has 2 atom stereocenters. The third-order valence-electron chi connectivity index (χ3n) is 3.81. The van der Waals surface area contributed by atoms with Gasteiger partial charge in [-0.15, -0.1) is 0 Å². The monoisotopic (exact) mass is 243 g/mol. The molecule has 0 spiro atoms. The maximum Gasteiger partial charge on any atom is 0.222 e. The van der Waals surface area contributed by atoms with E-state index >= 15 is 0 Å². The summed E-state index contributed by atoms with van der Waals surface area (Å²) in [6, 6.07) is 0. The minimum atomic E-state index is -0.601. The molecule has 4 heteroatoms.